The molecule has 0 radical (unpaired) electrons. The highest BCUT2D eigenvalue weighted by Crippen LogP contribution is 2.55. The lowest BCUT2D eigenvalue weighted by Crippen LogP contribution is -2.58. The van der Waals surface area contributed by atoms with E-state index in [1.165, 1.54) is 54.7 Å². The van der Waals surface area contributed by atoms with Gasteiger partial charge in [-0.25, -0.2) is 9.59 Å². The SMILES string of the molecule is CCC1[C@H](C)C12NC(=O)C(CNC(=O)[C@@H](CC(C)C)N(C)C(=O)[C@@H]1CCCN1C(=O)[C@H](C)OC(=O)C1(NC(=O)C3CCCC3)CC1C(N)=O)[C@H](C)OC(=O)[C@H](Cc1ccc(OC)cc1)N(C)C(=O)[C@@H]1CCCN1C(=O)[C@H](CC(C)C)NC(=O)[C@H](C(C)C)OC(=O)C[C@@H]2O. The summed E-state index contributed by atoms with van der Waals surface area (Å²) in [5, 5.41) is 23.6. The molecule has 6 fully saturated rings. The van der Waals surface area contributed by atoms with Gasteiger partial charge in [-0.15, -0.1) is 0 Å². The van der Waals surface area contributed by atoms with Crippen molar-refractivity contribution < 1.29 is 81.6 Å². The molecule has 7 rings (SSSR count). The van der Waals surface area contributed by atoms with Gasteiger partial charge in [0.05, 0.1) is 37.0 Å². The third-order valence-corrected chi connectivity index (χ3v) is 20.2. The summed E-state index contributed by atoms with van der Waals surface area (Å²) in [6.45, 7) is 16.9. The summed E-state index contributed by atoms with van der Waals surface area (Å²) in [7, 11) is 4.35. The van der Waals surface area contributed by atoms with E-state index in [9.17, 15) is 53.1 Å². The molecule has 9 amide bonds. The fourth-order valence-electron chi connectivity index (χ4n) is 14.5. The highest BCUT2D eigenvalue weighted by molar-refractivity contribution is 6.01. The van der Waals surface area contributed by atoms with Crippen LogP contribution in [0, 0.1) is 47.3 Å². The lowest BCUT2D eigenvalue weighted by molar-refractivity contribution is -0.164. The predicted octanol–water partition coefficient (Wildman–Crippen LogP) is 2.46. The molecule has 3 saturated heterocycles. The van der Waals surface area contributed by atoms with Crippen molar-refractivity contribution in [1.82, 2.24) is 40.9 Å². The number of carbonyl (C=O) groups is 12. The Labute approximate surface area is 545 Å². The number of likely N-dealkylation sites (N-methyl/N-ethyl adjacent to an activating group) is 2. The minimum atomic E-state index is -1.73. The van der Waals surface area contributed by atoms with Gasteiger partial charge in [0.1, 0.15) is 42.1 Å². The second-order valence-corrected chi connectivity index (χ2v) is 27.9. The van der Waals surface area contributed by atoms with Crippen LogP contribution in [0.1, 0.15) is 158 Å². The van der Waals surface area contributed by atoms with Crippen molar-refractivity contribution in [3.8, 4) is 5.75 Å². The van der Waals surface area contributed by atoms with Gasteiger partial charge in [-0.1, -0.05) is 86.8 Å². The normalized spacial score (nSPS) is 30.6. The Morgan fingerprint density at radius 2 is 1.52 bits per heavy atom. The molecule has 1 spiro atoms. The van der Waals surface area contributed by atoms with Crippen LogP contribution in [0.25, 0.3) is 0 Å². The van der Waals surface area contributed by atoms with Crippen LogP contribution >= 0.6 is 0 Å². The number of benzene rings is 1. The summed E-state index contributed by atoms with van der Waals surface area (Å²) in [6, 6.07) is 0.911. The average Bonchev–Trinajstić information content (AvgIpc) is 1.58. The number of nitrogens with zero attached hydrogens (tertiary/aromatic N) is 4. The van der Waals surface area contributed by atoms with E-state index in [2.05, 4.69) is 21.3 Å². The fraction of sp³-hybridized carbons (Fsp3) is 0.731. The molecule has 93 heavy (non-hydrogen) atoms. The number of ether oxygens (including phenoxy) is 4. The van der Waals surface area contributed by atoms with E-state index in [1.54, 1.807) is 45.0 Å². The van der Waals surface area contributed by atoms with E-state index in [4.69, 9.17) is 24.7 Å². The molecular formula is C67H101N9O17. The quantitative estimate of drug-likeness (QED) is 0.0807. The van der Waals surface area contributed by atoms with E-state index >= 15 is 9.59 Å². The molecule has 516 valence electrons. The van der Waals surface area contributed by atoms with Crippen molar-refractivity contribution in [3.63, 3.8) is 0 Å². The first-order valence-corrected chi connectivity index (χ1v) is 33.4. The number of fused-ring (bicyclic) bond motifs is 1. The number of cyclic esters (lactones) is 2. The van der Waals surface area contributed by atoms with Gasteiger partial charge in [0.25, 0.3) is 11.8 Å². The number of likely N-dealkylation sites (tertiary alicyclic amines) is 1. The van der Waals surface area contributed by atoms with Crippen LogP contribution in [0.5, 0.6) is 5.75 Å². The molecule has 0 bridgehead atoms. The van der Waals surface area contributed by atoms with Gasteiger partial charge >= 0.3 is 17.9 Å². The first-order valence-electron chi connectivity index (χ1n) is 33.4. The Kier molecular flexibility index (Phi) is 24.2. The van der Waals surface area contributed by atoms with E-state index in [0.29, 0.717) is 43.4 Å². The molecular weight excluding hydrogens is 1200 g/mol. The molecule has 26 heteroatoms. The molecule has 15 atom stereocenters. The van der Waals surface area contributed by atoms with E-state index in [0.717, 1.165) is 12.8 Å². The van der Waals surface area contributed by atoms with Gasteiger partial charge in [0, 0.05) is 46.1 Å². The van der Waals surface area contributed by atoms with Gasteiger partial charge in [-0.05, 0) is 119 Å². The number of aliphatic hydroxyl groups excluding tert-OH is 1. The van der Waals surface area contributed by atoms with Crippen LogP contribution in [0.15, 0.2) is 24.3 Å². The van der Waals surface area contributed by atoms with Crippen LogP contribution in [-0.2, 0) is 78.2 Å². The standard InChI is InChI=1S/C67H101N9O17/c1-14-45-38(8)67(45)52(77)32-53(78)93-54(37(6)7)59(83)70-47(29-35(2)3)61(85)76-28-18-22-49(76)63(87)74(12)51(31-41-23-25-43(90-13)26-24-41)64(88)91-39(9)44(57(81)72-67)34-69-58(82)50(30-36(4)5)73(11)62(86)48-21-17-27-75(48)60(84)40(10)92-65(89)66(33-46(66)55(68)79)71-56(80)42-19-15-16-20-42/h23-26,35-40,42,44-52,54,77H,14-22,27-34H2,1-13H3,(H2,68,79)(H,69,82)(H,70,83)(H,71,80)(H,72,81)/t38-,39-,40-,44?,45?,46?,47-,48-,49-,50+,51-,52-,54-,66?,67?/m0/s1. The Balaban J connectivity index is 1.18. The van der Waals surface area contributed by atoms with Crippen molar-refractivity contribution in [1.29, 1.82) is 0 Å². The van der Waals surface area contributed by atoms with Crippen LogP contribution in [0.4, 0.5) is 0 Å². The number of nitrogens with one attached hydrogen (secondary N) is 4. The Bertz CT molecular complexity index is 2950. The Morgan fingerprint density at radius 3 is 2.10 bits per heavy atom. The topological polar surface area (TPSA) is 349 Å². The summed E-state index contributed by atoms with van der Waals surface area (Å²) in [6.07, 6.45) is -1.89. The highest BCUT2D eigenvalue weighted by atomic mass is 16.6. The Hall–Kier alpha value is -7.38. The lowest BCUT2D eigenvalue weighted by Gasteiger charge is -2.35. The molecule has 26 nitrogen and oxygen atoms in total. The van der Waals surface area contributed by atoms with Crippen molar-refractivity contribution in [2.75, 3.05) is 40.8 Å². The predicted molar refractivity (Wildman–Crippen MR) is 337 cm³/mol. The third-order valence-electron chi connectivity index (χ3n) is 20.2. The van der Waals surface area contributed by atoms with Gasteiger partial charge in [0.15, 0.2) is 17.7 Å². The second kappa shape index (κ2) is 30.8. The first-order chi connectivity index (χ1) is 43.8. The maximum absolute atomic E-state index is 15.3. The molecule has 3 saturated carbocycles. The van der Waals surface area contributed by atoms with Crippen LogP contribution < -0.4 is 31.7 Å². The minimum Gasteiger partial charge on any atom is -0.497 e. The lowest BCUT2D eigenvalue weighted by atomic mass is 9.96. The zero-order valence-electron chi connectivity index (χ0n) is 56.5. The maximum atomic E-state index is 15.3. The average molecular weight is 1300 g/mol. The molecule has 1 aromatic carbocycles. The molecule has 5 unspecified atom stereocenters. The summed E-state index contributed by atoms with van der Waals surface area (Å²) < 4.78 is 23.2. The summed E-state index contributed by atoms with van der Waals surface area (Å²) >= 11 is 0. The van der Waals surface area contributed by atoms with Gasteiger partial charge in [-0.3, -0.25) is 47.9 Å². The van der Waals surface area contributed by atoms with E-state index in [-0.39, 0.29) is 69.4 Å². The van der Waals surface area contributed by atoms with Crippen molar-refractivity contribution in [3.05, 3.63) is 29.8 Å². The van der Waals surface area contributed by atoms with Gasteiger partial charge in [0.2, 0.25) is 41.4 Å². The van der Waals surface area contributed by atoms with Crippen LogP contribution in [-0.4, -0.2) is 202 Å². The molecule has 3 aliphatic heterocycles. The number of hydrogen-bond donors (Lipinski definition) is 6. The van der Waals surface area contributed by atoms with Crippen LogP contribution in [0.3, 0.4) is 0 Å². The van der Waals surface area contributed by atoms with Crippen molar-refractivity contribution in [2.45, 2.75) is 225 Å². The van der Waals surface area contributed by atoms with E-state index in [1.807, 2.05) is 34.6 Å². The maximum Gasteiger partial charge on any atom is 0.333 e. The Morgan fingerprint density at radius 1 is 0.860 bits per heavy atom. The number of carbonyl (C=O) groups excluding carboxylic acids is 12. The number of aliphatic hydroxyl groups is 1. The number of hydrogen-bond acceptors (Lipinski definition) is 17. The summed E-state index contributed by atoms with van der Waals surface area (Å²) in [5.41, 5.74) is 3.00. The molecule has 1 aromatic rings. The highest BCUT2D eigenvalue weighted by Gasteiger charge is 2.67. The summed E-state index contributed by atoms with van der Waals surface area (Å²) in [5.74, 6) is -12.9. The number of amides is 9. The molecule has 6 aliphatic rings. The van der Waals surface area contributed by atoms with Gasteiger partial charge in [-0.2, -0.15) is 0 Å². The number of rotatable bonds is 20. The van der Waals surface area contributed by atoms with Crippen molar-refractivity contribution >= 4 is 71.1 Å². The van der Waals surface area contributed by atoms with Crippen LogP contribution in [0.2, 0.25) is 0 Å². The fourth-order valence-corrected chi connectivity index (χ4v) is 14.5. The number of methoxy groups -OCH3 is 1. The van der Waals surface area contributed by atoms with Crippen molar-refractivity contribution in [2.24, 2.45) is 53.1 Å². The van der Waals surface area contributed by atoms with Gasteiger partial charge < -0.3 is 70.7 Å². The number of primary amides is 1. The zero-order chi connectivity index (χ0) is 68.7. The third kappa shape index (κ3) is 16.4. The second-order valence-electron chi connectivity index (χ2n) is 27.9. The number of esters is 3. The molecule has 7 N–H and O–H groups in total. The monoisotopic (exact) mass is 1300 g/mol. The zero-order valence-corrected chi connectivity index (χ0v) is 56.5. The first kappa shape index (κ1) is 73.0. The largest absolute Gasteiger partial charge is 0.497 e. The number of nitrogens with two attached hydrogens (primary N) is 1. The summed E-state index contributed by atoms with van der Waals surface area (Å²) in [4.78, 5) is 177. The molecule has 0 aromatic heterocycles. The van der Waals surface area contributed by atoms with E-state index < -0.39 is 179 Å². The smallest absolute Gasteiger partial charge is 0.333 e. The molecule has 3 aliphatic carbocycles. The molecule has 3 heterocycles. The minimum absolute atomic E-state index is 0.0933.